The minimum absolute atomic E-state index is 0.0158. The highest BCUT2D eigenvalue weighted by Crippen LogP contribution is 2.35. The molecule has 0 spiro atoms. The van der Waals surface area contributed by atoms with Crippen LogP contribution in [-0.2, 0) is 42.7 Å². The highest BCUT2D eigenvalue weighted by Gasteiger charge is 2.37. The Morgan fingerprint density at radius 1 is 0.726 bits per heavy atom. The van der Waals surface area contributed by atoms with Gasteiger partial charge in [0.25, 0.3) is 0 Å². The van der Waals surface area contributed by atoms with Gasteiger partial charge < -0.3 is 35.0 Å². The van der Waals surface area contributed by atoms with Gasteiger partial charge in [0.15, 0.2) is 12.0 Å². The lowest BCUT2D eigenvalue weighted by Crippen LogP contribution is -2.50. The lowest BCUT2D eigenvalue weighted by Gasteiger charge is -2.35. The van der Waals surface area contributed by atoms with Crippen LogP contribution < -0.4 is 20.4 Å². The van der Waals surface area contributed by atoms with E-state index in [0.29, 0.717) is 60.3 Å². The zero-order chi connectivity index (χ0) is 54.5. The maximum atomic E-state index is 14.0. The van der Waals surface area contributed by atoms with Crippen LogP contribution in [0.25, 0.3) is 0 Å². The Labute approximate surface area is 434 Å². The molecule has 0 unspecified atom stereocenters. The van der Waals surface area contributed by atoms with Crippen molar-refractivity contribution in [2.75, 3.05) is 64.2 Å². The summed E-state index contributed by atoms with van der Waals surface area (Å²) in [4.78, 5) is 52.3. The van der Waals surface area contributed by atoms with Crippen LogP contribution in [0.5, 0.6) is 0 Å². The van der Waals surface area contributed by atoms with Crippen LogP contribution in [0.4, 0.5) is 30.0 Å². The van der Waals surface area contributed by atoms with E-state index in [1.165, 1.54) is 64.6 Å². The van der Waals surface area contributed by atoms with E-state index in [1.54, 1.807) is 51.3 Å². The van der Waals surface area contributed by atoms with Gasteiger partial charge in [-0.25, -0.2) is 23.2 Å². The number of benzene rings is 2. The number of halogens is 4. The van der Waals surface area contributed by atoms with Gasteiger partial charge in [0.05, 0.1) is 0 Å². The van der Waals surface area contributed by atoms with Crippen molar-refractivity contribution in [1.29, 1.82) is 0 Å². The normalized spacial score (nSPS) is 16.7. The van der Waals surface area contributed by atoms with Gasteiger partial charge in [-0.1, -0.05) is 23.2 Å². The topological polar surface area (TPSA) is 248 Å². The van der Waals surface area contributed by atoms with Gasteiger partial charge in [-0.15, -0.1) is 13.3 Å². The maximum Gasteiger partial charge on any atom is 0.407 e. The number of piperidine rings is 2. The van der Waals surface area contributed by atoms with Gasteiger partial charge in [-0.3, -0.25) is 4.79 Å². The summed E-state index contributed by atoms with van der Waals surface area (Å²) in [7, 11) is -3.07. The molecule has 2 aliphatic heterocycles. The Hall–Kier alpha value is -5.60. The van der Waals surface area contributed by atoms with Gasteiger partial charge >= 0.3 is 38.6 Å². The summed E-state index contributed by atoms with van der Waals surface area (Å²) in [5.41, 5.74) is -0.973. The van der Waals surface area contributed by atoms with E-state index in [4.69, 9.17) is 32.7 Å². The molecular formula is C46H62Cl2F2N10O11S2. The van der Waals surface area contributed by atoms with Crippen molar-refractivity contribution in [1.82, 2.24) is 37.6 Å². The molecule has 402 valence electrons. The number of alkyl carbamates (subject to hydrolysis) is 2. The number of carboxylic acid groups (broad SMARTS) is 1. The smallest absolute Gasteiger partial charge is 0.407 e. The molecule has 2 atom stereocenters. The first kappa shape index (κ1) is 58.3. The number of ether oxygens (including phenoxy) is 2. The van der Waals surface area contributed by atoms with Crippen molar-refractivity contribution in [2.24, 2.45) is 0 Å². The number of aldehydes is 1. The van der Waals surface area contributed by atoms with Crippen LogP contribution in [0.3, 0.4) is 0 Å². The Kier molecular flexibility index (Phi) is 18.6. The summed E-state index contributed by atoms with van der Waals surface area (Å²) < 4.78 is 94.8. The number of carbonyl (C=O) groups is 4. The fourth-order valence-corrected chi connectivity index (χ4v) is 10.2. The summed E-state index contributed by atoms with van der Waals surface area (Å²) in [5.74, 6) is -2.36. The number of aromatic nitrogens is 4. The molecule has 2 aliphatic rings. The average Bonchev–Trinajstić information content (AvgIpc) is 3.85. The largest absolute Gasteiger partial charge is 0.476 e. The van der Waals surface area contributed by atoms with E-state index in [1.807, 2.05) is 0 Å². The third-order valence-corrected chi connectivity index (χ3v) is 15.2. The predicted molar refractivity (Wildman–Crippen MR) is 270 cm³/mol. The number of hydrogen-bond donors (Lipinski definition) is 3. The van der Waals surface area contributed by atoms with E-state index >= 15 is 0 Å². The average molecular weight is 1100 g/mol. The zero-order valence-corrected chi connectivity index (χ0v) is 45.3. The highest BCUT2D eigenvalue weighted by molar-refractivity contribution is 7.87. The van der Waals surface area contributed by atoms with Crippen molar-refractivity contribution < 1.29 is 59.4 Å². The first-order valence-electron chi connectivity index (χ1n) is 23.0. The van der Waals surface area contributed by atoms with Crippen LogP contribution in [-0.4, -0.2) is 151 Å². The number of nitrogens with zero attached hydrogens (tertiary/aromatic N) is 8. The minimum atomic E-state index is -4.25. The van der Waals surface area contributed by atoms with E-state index in [-0.39, 0.29) is 70.5 Å². The molecule has 0 radical (unpaired) electrons. The third kappa shape index (κ3) is 14.8. The van der Waals surface area contributed by atoms with Crippen molar-refractivity contribution in [3.8, 4) is 0 Å². The van der Waals surface area contributed by atoms with Gasteiger partial charge in [0.1, 0.15) is 40.2 Å². The fraction of sp³-hybridized carbons (Fsp3) is 0.522. The monoisotopic (exact) mass is 1100 g/mol. The molecule has 0 aliphatic carbocycles. The molecule has 2 aromatic carbocycles. The molecule has 2 saturated heterocycles. The Morgan fingerprint density at radius 3 is 1.51 bits per heavy atom. The van der Waals surface area contributed by atoms with Crippen molar-refractivity contribution in [3.05, 3.63) is 91.7 Å². The van der Waals surface area contributed by atoms with E-state index < -0.39 is 73.1 Å². The Balaban J connectivity index is 0.000000271. The SMILES string of the molecule is CN(C)S(=O)(=O)n1nc(C(=O)O)c(Cc2cc(F)ccc2Cl)c1N1CCC[C@@H](NC(=O)OC(C)(C)C)C1.CN(C)S(=O)(=O)n1nc(C=O)c(Cc2cc(F)ccc2Cl)c1N1CCC[C@@H](NC(=O)OC(C)(C)C)C1. The first-order chi connectivity index (χ1) is 33.8. The van der Waals surface area contributed by atoms with Gasteiger partial charge in [-0.2, -0.15) is 30.5 Å². The summed E-state index contributed by atoms with van der Waals surface area (Å²) >= 11 is 12.5. The first-order valence-corrected chi connectivity index (χ1v) is 26.5. The maximum absolute atomic E-state index is 14.0. The second-order valence-corrected chi connectivity index (χ2v) is 24.5. The Bertz CT molecular complexity index is 2920. The molecular weight excluding hydrogens is 1040 g/mol. The molecule has 3 N–H and O–H groups in total. The molecule has 4 aromatic rings. The van der Waals surface area contributed by atoms with Crippen molar-refractivity contribution in [3.63, 3.8) is 0 Å². The van der Waals surface area contributed by atoms with Gasteiger partial charge in [0.2, 0.25) is 0 Å². The number of hydrogen-bond acceptors (Lipinski definition) is 14. The van der Waals surface area contributed by atoms with E-state index in [0.717, 1.165) is 12.7 Å². The van der Waals surface area contributed by atoms with Gasteiger partial charge in [0, 0.05) is 100 Å². The number of rotatable bonds is 14. The molecule has 2 fully saturated rings. The summed E-state index contributed by atoms with van der Waals surface area (Å²) in [6, 6.07) is 6.77. The summed E-state index contributed by atoms with van der Waals surface area (Å²) in [6.07, 6.45) is 1.50. The molecule has 4 heterocycles. The lowest BCUT2D eigenvalue weighted by atomic mass is 10.0. The molecule has 0 bridgehead atoms. The second-order valence-electron chi connectivity index (χ2n) is 19.7. The van der Waals surface area contributed by atoms with Crippen LogP contribution in [0.1, 0.15) is 110 Å². The number of aromatic carboxylic acids is 1. The van der Waals surface area contributed by atoms with Crippen LogP contribution in [0.15, 0.2) is 36.4 Å². The molecule has 2 amide bonds. The molecule has 73 heavy (non-hydrogen) atoms. The number of nitrogens with one attached hydrogen (secondary N) is 2. The number of anilines is 2. The van der Waals surface area contributed by atoms with E-state index in [9.17, 15) is 49.9 Å². The number of carboxylic acids is 1. The van der Waals surface area contributed by atoms with E-state index in [2.05, 4.69) is 20.8 Å². The standard InChI is InChI=1S/C23H31ClFN5O6S.C23H31ClFN5O5S/c1-23(2,3)36-22(33)26-16-7-6-10-29(13-16)20-17(12-14-11-15(25)8-9-18(14)24)19(21(31)32)27-30(20)37(34,35)28(4)5;1-23(2,3)35-22(32)26-17-7-6-10-29(13-17)21-18(12-15-11-16(25)8-9-19(15)24)20(14-31)27-30(21)36(33,34)28(4)5/h8-9,11,16H,6-7,10,12-13H2,1-5H3,(H,26,33)(H,31,32);8-9,11,14,17H,6-7,10,12-13H2,1-5H3,(H,26,32)/t16-;17-/m11/s1. The molecule has 0 saturated carbocycles. The lowest BCUT2D eigenvalue weighted by molar-refractivity contribution is 0.0488. The number of amides is 2. The fourth-order valence-electron chi connectivity index (χ4n) is 7.97. The minimum Gasteiger partial charge on any atom is -0.476 e. The zero-order valence-electron chi connectivity index (χ0n) is 42.2. The van der Waals surface area contributed by atoms with Crippen molar-refractivity contribution >= 4 is 79.7 Å². The third-order valence-electron chi connectivity index (χ3n) is 11.2. The molecule has 6 rings (SSSR count). The summed E-state index contributed by atoms with van der Waals surface area (Å²) in [5, 5.41) is 24.1. The van der Waals surface area contributed by atoms with Crippen LogP contribution >= 0.6 is 23.2 Å². The quantitative estimate of drug-likeness (QED) is 0.117. The Morgan fingerprint density at radius 2 is 1.12 bits per heavy atom. The predicted octanol–water partition coefficient (Wildman–Crippen LogP) is 6.34. The summed E-state index contributed by atoms with van der Waals surface area (Å²) in [6.45, 7) is 11.7. The van der Waals surface area contributed by atoms with Crippen LogP contribution in [0, 0.1) is 11.6 Å². The molecule has 21 nitrogen and oxygen atoms in total. The van der Waals surface area contributed by atoms with Crippen LogP contribution in [0.2, 0.25) is 10.0 Å². The highest BCUT2D eigenvalue weighted by atomic mass is 35.5. The van der Waals surface area contributed by atoms with Gasteiger partial charge in [-0.05, 0) is 115 Å². The molecule has 2 aromatic heterocycles. The van der Waals surface area contributed by atoms with Crippen molar-refractivity contribution in [2.45, 2.75) is 103 Å². The number of carbonyl (C=O) groups excluding carboxylic acids is 3. The molecule has 27 heteroatoms. The second kappa shape index (κ2) is 23.3.